The average molecular weight is 656 g/mol. The molecule has 0 amide bonds. The molecule has 1 heterocycles. The van der Waals surface area contributed by atoms with Crippen molar-refractivity contribution >= 4 is 108 Å². The maximum Gasteiger partial charge on any atom is 0.167 e. The number of hydrogen-bond donors (Lipinski definition) is 2. The van der Waals surface area contributed by atoms with Gasteiger partial charge in [-0.25, -0.2) is 0 Å². The highest BCUT2D eigenvalue weighted by atomic mass is 127. The monoisotopic (exact) mass is 656 g/mol. The fourth-order valence-electron chi connectivity index (χ4n) is 1.39. The Morgan fingerprint density at radius 2 is 1.21 bits per heavy atom. The van der Waals surface area contributed by atoms with Crippen LogP contribution in [0.5, 0.6) is 0 Å². The normalized spacial score (nSPS) is 31.6. The van der Waals surface area contributed by atoms with E-state index >= 15 is 0 Å². The van der Waals surface area contributed by atoms with Crippen LogP contribution in [0, 0.1) is 0 Å². The third-order valence-electron chi connectivity index (χ3n) is 2.06. The van der Waals surface area contributed by atoms with Gasteiger partial charge in [0.2, 0.25) is 0 Å². The van der Waals surface area contributed by atoms with E-state index in [1.165, 1.54) is 14.3 Å². The third-order valence-corrected chi connectivity index (χ3v) is 10.1. The molecule has 2 unspecified atom stereocenters. The number of thiocarbonyl (C=S) groups is 1. The number of halogens is 4. The predicted octanol–water partition coefficient (Wildman–Crippen LogP) is 3.38. The van der Waals surface area contributed by atoms with Crippen LogP contribution in [0.15, 0.2) is 14.3 Å². The van der Waals surface area contributed by atoms with Gasteiger partial charge < -0.3 is 10.6 Å². The van der Waals surface area contributed by atoms with Crippen molar-refractivity contribution in [2.75, 3.05) is 0 Å². The van der Waals surface area contributed by atoms with Crippen molar-refractivity contribution in [1.29, 1.82) is 0 Å². The zero-order valence-corrected chi connectivity index (χ0v) is 16.0. The van der Waals surface area contributed by atoms with E-state index in [0.29, 0.717) is 12.1 Å². The Balaban J connectivity index is 2.48. The molecule has 0 bridgehead atoms. The first-order valence-electron chi connectivity index (χ1n) is 3.70. The summed E-state index contributed by atoms with van der Waals surface area (Å²) in [5.41, 5.74) is 0. The molecule has 7 heteroatoms. The lowest BCUT2D eigenvalue weighted by Gasteiger charge is -2.25. The summed E-state index contributed by atoms with van der Waals surface area (Å²) in [6.45, 7) is 0. The lowest BCUT2D eigenvalue weighted by molar-refractivity contribution is 0.667. The highest BCUT2D eigenvalue weighted by molar-refractivity contribution is 14.1. The van der Waals surface area contributed by atoms with Gasteiger partial charge in [-0.3, -0.25) is 0 Å². The van der Waals surface area contributed by atoms with Crippen LogP contribution in [0.25, 0.3) is 0 Å². The zero-order chi connectivity index (χ0) is 10.5. The second-order valence-electron chi connectivity index (χ2n) is 2.90. The van der Waals surface area contributed by atoms with Crippen molar-refractivity contribution in [2.24, 2.45) is 0 Å². The van der Waals surface area contributed by atoms with Gasteiger partial charge in [0, 0.05) is 14.3 Å². The van der Waals surface area contributed by atoms with Crippen molar-refractivity contribution in [3.8, 4) is 0 Å². The van der Waals surface area contributed by atoms with Gasteiger partial charge in [-0.05, 0) is 103 Å². The van der Waals surface area contributed by atoms with Gasteiger partial charge in [0.15, 0.2) is 5.11 Å². The smallest absolute Gasteiger partial charge is 0.167 e. The van der Waals surface area contributed by atoms with Gasteiger partial charge in [0.1, 0.15) is 0 Å². The fraction of sp³-hybridized carbons (Fsp3) is 0.286. The van der Waals surface area contributed by atoms with E-state index in [0.717, 1.165) is 5.11 Å². The van der Waals surface area contributed by atoms with E-state index in [1.54, 1.807) is 0 Å². The van der Waals surface area contributed by atoms with Crippen molar-refractivity contribution in [2.45, 2.75) is 12.1 Å². The van der Waals surface area contributed by atoms with Gasteiger partial charge >= 0.3 is 0 Å². The second kappa shape index (κ2) is 4.76. The fourth-order valence-corrected chi connectivity index (χ4v) is 5.50. The Morgan fingerprint density at radius 1 is 0.857 bits per heavy atom. The Bertz CT molecular complexity index is 342. The number of allylic oxidation sites excluding steroid dienone is 2. The minimum atomic E-state index is 0.334. The van der Waals surface area contributed by atoms with Crippen LogP contribution in [0.4, 0.5) is 0 Å². The van der Waals surface area contributed by atoms with E-state index < -0.39 is 0 Å². The molecular formula is C7H4I4N2S. The first kappa shape index (κ1) is 12.5. The molecule has 0 aromatic heterocycles. The maximum atomic E-state index is 5.14. The number of fused-ring (bicyclic) bond motifs is 1. The minimum absolute atomic E-state index is 0.334. The van der Waals surface area contributed by atoms with E-state index in [2.05, 4.69) is 101 Å². The van der Waals surface area contributed by atoms with Crippen LogP contribution in [-0.2, 0) is 0 Å². The van der Waals surface area contributed by atoms with Crippen molar-refractivity contribution in [3.63, 3.8) is 0 Å². The summed E-state index contributed by atoms with van der Waals surface area (Å²) in [7, 11) is 0. The van der Waals surface area contributed by atoms with Crippen molar-refractivity contribution in [3.05, 3.63) is 14.3 Å². The lowest BCUT2D eigenvalue weighted by Crippen LogP contribution is -2.36. The molecule has 1 saturated heterocycles. The van der Waals surface area contributed by atoms with Crippen molar-refractivity contribution in [1.82, 2.24) is 10.6 Å². The molecule has 0 aromatic rings. The molecule has 0 spiro atoms. The summed E-state index contributed by atoms with van der Waals surface area (Å²) in [6.07, 6.45) is 0. The summed E-state index contributed by atoms with van der Waals surface area (Å²) < 4.78 is 5.39. The zero-order valence-electron chi connectivity index (χ0n) is 6.57. The Morgan fingerprint density at radius 3 is 1.57 bits per heavy atom. The van der Waals surface area contributed by atoms with E-state index in [-0.39, 0.29) is 0 Å². The molecule has 1 fully saturated rings. The van der Waals surface area contributed by atoms with Gasteiger partial charge in [-0.2, -0.15) is 0 Å². The Kier molecular flexibility index (Phi) is 4.26. The SMILES string of the molecule is S=C1NC2C(I)=C(I)C(I)=C(I)C2N1. The van der Waals surface area contributed by atoms with Gasteiger partial charge in [-0.15, -0.1) is 0 Å². The van der Waals surface area contributed by atoms with Gasteiger partial charge in [0.25, 0.3) is 0 Å². The molecule has 76 valence electrons. The lowest BCUT2D eigenvalue weighted by atomic mass is 10.1. The molecule has 2 aliphatic rings. The van der Waals surface area contributed by atoms with Gasteiger partial charge in [0.05, 0.1) is 12.1 Å². The second-order valence-corrected chi connectivity index (χ2v) is 7.79. The highest BCUT2D eigenvalue weighted by Gasteiger charge is 2.39. The number of rotatable bonds is 0. The maximum absolute atomic E-state index is 5.14. The van der Waals surface area contributed by atoms with Crippen LogP contribution < -0.4 is 10.6 Å². The van der Waals surface area contributed by atoms with Crippen LogP contribution in [0.2, 0.25) is 0 Å². The van der Waals surface area contributed by atoms with Crippen molar-refractivity contribution < 1.29 is 0 Å². The molecular weight excluding hydrogens is 652 g/mol. The quantitative estimate of drug-likeness (QED) is 0.310. The molecule has 1 aliphatic heterocycles. The summed E-state index contributed by atoms with van der Waals surface area (Å²) in [4.78, 5) is 0. The highest BCUT2D eigenvalue weighted by Crippen LogP contribution is 2.44. The van der Waals surface area contributed by atoms with Crippen LogP contribution >= 0.6 is 103 Å². The van der Waals surface area contributed by atoms with Gasteiger partial charge in [-0.1, -0.05) is 0 Å². The molecule has 2 N–H and O–H groups in total. The summed E-state index contributed by atoms with van der Waals surface area (Å²) >= 11 is 14.7. The molecule has 0 radical (unpaired) electrons. The topological polar surface area (TPSA) is 24.1 Å². The first-order valence-corrected chi connectivity index (χ1v) is 8.42. The number of nitrogens with one attached hydrogen (secondary N) is 2. The molecule has 2 nitrogen and oxygen atoms in total. The molecule has 1 aliphatic carbocycles. The molecule has 0 saturated carbocycles. The molecule has 0 aromatic carbocycles. The average Bonchev–Trinajstić information content (AvgIpc) is 2.54. The molecule has 2 atom stereocenters. The summed E-state index contributed by atoms with van der Waals surface area (Å²) in [5, 5.41) is 7.35. The van der Waals surface area contributed by atoms with E-state index in [9.17, 15) is 0 Å². The van der Waals surface area contributed by atoms with Crippen LogP contribution in [0.1, 0.15) is 0 Å². The largest absolute Gasteiger partial charge is 0.353 e. The molecule has 2 rings (SSSR count). The Hall–Kier alpha value is 2.09. The minimum Gasteiger partial charge on any atom is -0.353 e. The predicted molar refractivity (Wildman–Crippen MR) is 96.6 cm³/mol. The van der Waals surface area contributed by atoms with Crippen LogP contribution in [-0.4, -0.2) is 17.2 Å². The standard InChI is InChI=1S/C7H4I4N2S/c8-1-2(9)4(11)6-5(3(1)10)12-7(14)13-6/h5-6H,(H2,12,13,14). The summed E-state index contributed by atoms with van der Waals surface area (Å²) in [6, 6.07) is 0.667. The van der Waals surface area contributed by atoms with E-state index in [1.807, 2.05) is 0 Å². The Labute approximate surface area is 142 Å². The van der Waals surface area contributed by atoms with Crippen LogP contribution in [0.3, 0.4) is 0 Å². The summed E-state index contributed by atoms with van der Waals surface area (Å²) in [5.74, 6) is 0. The number of hydrogen-bond acceptors (Lipinski definition) is 1. The van der Waals surface area contributed by atoms with E-state index in [4.69, 9.17) is 12.2 Å². The third kappa shape index (κ3) is 2.08. The first-order chi connectivity index (χ1) is 6.52. The molecule has 14 heavy (non-hydrogen) atoms.